The fourth-order valence-electron chi connectivity index (χ4n) is 5.05. The molecule has 1 aromatic rings. The average Bonchev–Trinajstić information content (AvgIpc) is 2.63. The zero-order chi connectivity index (χ0) is 16.8. The summed E-state index contributed by atoms with van der Waals surface area (Å²) >= 11 is 5.97. The van der Waals surface area contributed by atoms with Crippen molar-refractivity contribution in [1.82, 2.24) is 0 Å². The van der Waals surface area contributed by atoms with Crippen molar-refractivity contribution in [2.75, 3.05) is 0 Å². The molecule has 2 fully saturated rings. The van der Waals surface area contributed by atoms with E-state index in [-0.39, 0.29) is 0 Å². The predicted molar refractivity (Wildman–Crippen MR) is 105 cm³/mol. The molecule has 0 aromatic heterocycles. The molecule has 0 unspecified atom stereocenters. The van der Waals surface area contributed by atoms with E-state index in [0.29, 0.717) is 0 Å². The summed E-state index contributed by atoms with van der Waals surface area (Å²) in [6.07, 6.45) is 19.0. The molecule has 132 valence electrons. The number of hydrogen-bond donors (Lipinski definition) is 0. The van der Waals surface area contributed by atoms with Gasteiger partial charge in [-0.25, -0.2) is 0 Å². The average molecular weight is 345 g/mol. The van der Waals surface area contributed by atoms with Gasteiger partial charge in [-0.05, 0) is 99.7 Å². The molecule has 2 saturated carbocycles. The molecule has 0 amide bonds. The second-order valence-electron chi connectivity index (χ2n) is 8.15. The van der Waals surface area contributed by atoms with Gasteiger partial charge in [0.2, 0.25) is 0 Å². The van der Waals surface area contributed by atoms with Crippen LogP contribution in [-0.4, -0.2) is 0 Å². The molecule has 0 N–H and O–H groups in total. The molecule has 1 aromatic carbocycles. The highest BCUT2D eigenvalue weighted by molar-refractivity contribution is 6.30. The Balaban J connectivity index is 1.37. The van der Waals surface area contributed by atoms with Gasteiger partial charge in [0.1, 0.15) is 0 Å². The van der Waals surface area contributed by atoms with Crippen molar-refractivity contribution in [3.63, 3.8) is 0 Å². The lowest BCUT2D eigenvalue weighted by Gasteiger charge is -2.37. The van der Waals surface area contributed by atoms with Crippen molar-refractivity contribution < 1.29 is 0 Å². The number of aryl methyl sites for hydroxylation is 1. The van der Waals surface area contributed by atoms with Gasteiger partial charge in [-0.15, -0.1) is 0 Å². The summed E-state index contributed by atoms with van der Waals surface area (Å²) in [5.41, 5.74) is 1.45. The summed E-state index contributed by atoms with van der Waals surface area (Å²) in [5, 5.41) is 0.850. The zero-order valence-corrected chi connectivity index (χ0v) is 16.0. The third-order valence-corrected chi connectivity index (χ3v) is 6.85. The first-order valence-electron chi connectivity index (χ1n) is 10.1. The summed E-state index contributed by atoms with van der Waals surface area (Å²) in [4.78, 5) is 0. The molecular formula is C23H33Cl. The Labute approximate surface area is 153 Å². The summed E-state index contributed by atoms with van der Waals surface area (Å²) in [6, 6.07) is 8.43. The third-order valence-electron chi connectivity index (χ3n) is 6.59. The highest BCUT2D eigenvalue weighted by Crippen LogP contribution is 2.42. The van der Waals surface area contributed by atoms with Crippen molar-refractivity contribution in [3.05, 3.63) is 47.0 Å². The van der Waals surface area contributed by atoms with Gasteiger partial charge in [0.15, 0.2) is 0 Å². The third kappa shape index (κ3) is 5.12. The first kappa shape index (κ1) is 18.1. The molecule has 0 spiro atoms. The largest absolute Gasteiger partial charge is 0.0914 e. The van der Waals surface area contributed by atoms with Crippen molar-refractivity contribution in [2.24, 2.45) is 23.7 Å². The van der Waals surface area contributed by atoms with Gasteiger partial charge >= 0.3 is 0 Å². The van der Waals surface area contributed by atoms with Crippen molar-refractivity contribution in [3.8, 4) is 0 Å². The first-order valence-corrected chi connectivity index (χ1v) is 10.5. The fourth-order valence-corrected chi connectivity index (χ4v) is 5.18. The monoisotopic (exact) mass is 344 g/mol. The Hall–Kier alpha value is -0.750. The van der Waals surface area contributed by atoms with Crippen LogP contribution in [0.15, 0.2) is 36.4 Å². The molecule has 0 atom stereocenters. The van der Waals surface area contributed by atoms with Crippen molar-refractivity contribution in [2.45, 2.75) is 71.1 Å². The molecule has 0 nitrogen and oxygen atoms in total. The lowest BCUT2D eigenvalue weighted by atomic mass is 9.68. The molecule has 24 heavy (non-hydrogen) atoms. The number of rotatable bonds is 5. The van der Waals surface area contributed by atoms with E-state index in [9.17, 15) is 0 Å². The fraction of sp³-hybridized carbons (Fsp3) is 0.652. The van der Waals surface area contributed by atoms with Crippen LogP contribution < -0.4 is 0 Å². The van der Waals surface area contributed by atoms with Crippen LogP contribution in [0.4, 0.5) is 0 Å². The van der Waals surface area contributed by atoms with Gasteiger partial charge in [0, 0.05) is 5.02 Å². The second kappa shape index (κ2) is 9.09. The molecular weight excluding hydrogens is 312 g/mol. The standard InChI is InChI=1S/C23H33Cl/c1-2-3-18-6-12-21(13-7-18)22-14-8-19(9-15-22)4-5-20-10-16-23(24)17-11-20/h2-3,10-11,16-19,21-22H,4-9,12-15H2,1H3/b3-2+. The number of hydrogen-bond acceptors (Lipinski definition) is 0. The molecule has 2 aliphatic rings. The maximum Gasteiger partial charge on any atom is 0.0406 e. The number of benzene rings is 1. The minimum Gasteiger partial charge on any atom is -0.0914 e. The van der Waals surface area contributed by atoms with Gasteiger partial charge < -0.3 is 0 Å². The molecule has 1 heteroatoms. The van der Waals surface area contributed by atoms with Crippen LogP contribution in [0.1, 0.15) is 70.3 Å². The van der Waals surface area contributed by atoms with E-state index in [4.69, 9.17) is 11.6 Å². The first-order chi connectivity index (χ1) is 11.7. The minimum absolute atomic E-state index is 0.850. The van der Waals surface area contributed by atoms with Crippen molar-refractivity contribution in [1.29, 1.82) is 0 Å². The zero-order valence-electron chi connectivity index (χ0n) is 15.2. The van der Waals surface area contributed by atoms with E-state index in [1.54, 1.807) is 0 Å². The normalized spacial score (nSPS) is 31.4. The molecule has 0 aliphatic heterocycles. The Morgan fingerprint density at radius 2 is 1.46 bits per heavy atom. The minimum atomic E-state index is 0.850. The lowest BCUT2D eigenvalue weighted by molar-refractivity contribution is 0.152. The summed E-state index contributed by atoms with van der Waals surface area (Å²) < 4.78 is 0. The second-order valence-corrected chi connectivity index (χ2v) is 8.58. The van der Waals surface area contributed by atoms with Crippen molar-refractivity contribution >= 4 is 11.6 Å². The highest BCUT2D eigenvalue weighted by atomic mass is 35.5. The smallest absolute Gasteiger partial charge is 0.0406 e. The number of allylic oxidation sites excluding steroid dienone is 2. The van der Waals surface area contributed by atoms with E-state index in [2.05, 4.69) is 31.2 Å². The predicted octanol–water partition coefficient (Wildman–Crippen LogP) is 7.46. The van der Waals surface area contributed by atoms with Crippen LogP contribution in [0, 0.1) is 23.7 Å². The topological polar surface area (TPSA) is 0 Å². The maximum atomic E-state index is 5.97. The van der Waals surface area contributed by atoms with E-state index < -0.39 is 0 Å². The summed E-state index contributed by atoms with van der Waals surface area (Å²) in [5.74, 6) is 3.89. The molecule has 3 rings (SSSR count). The van der Waals surface area contributed by atoms with Crippen LogP contribution in [-0.2, 0) is 6.42 Å². The van der Waals surface area contributed by atoms with Crippen LogP contribution in [0.2, 0.25) is 5.02 Å². The Kier molecular flexibility index (Phi) is 6.84. The highest BCUT2D eigenvalue weighted by Gasteiger charge is 2.30. The molecule has 2 aliphatic carbocycles. The van der Waals surface area contributed by atoms with Crippen LogP contribution in [0.3, 0.4) is 0 Å². The van der Waals surface area contributed by atoms with E-state index in [1.165, 1.54) is 69.8 Å². The van der Waals surface area contributed by atoms with Gasteiger partial charge in [0.25, 0.3) is 0 Å². The quantitative estimate of drug-likeness (QED) is 0.486. The Bertz CT molecular complexity index is 499. The Morgan fingerprint density at radius 1 is 0.875 bits per heavy atom. The Morgan fingerprint density at radius 3 is 2.04 bits per heavy atom. The molecule has 0 radical (unpaired) electrons. The van der Waals surface area contributed by atoms with Crippen LogP contribution >= 0.6 is 11.6 Å². The van der Waals surface area contributed by atoms with E-state index >= 15 is 0 Å². The van der Waals surface area contributed by atoms with E-state index in [0.717, 1.165) is 28.7 Å². The SMILES string of the molecule is C/C=C/C1CCC(C2CCC(CCc3ccc(Cl)cc3)CC2)CC1. The van der Waals surface area contributed by atoms with E-state index in [1.807, 2.05) is 12.1 Å². The lowest BCUT2D eigenvalue weighted by Crippen LogP contribution is -2.25. The van der Waals surface area contributed by atoms with Gasteiger partial charge in [-0.3, -0.25) is 0 Å². The van der Waals surface area contributed by atoms with Gasteiger partial charge in [-0.2, -0.15) is 0 Å². The summed E-state index contributed by atoms with van der Waals surface area (Å²) in [6.45, 7) is 2.16. The van der Waals surface area contributed by atoms with Crippen LogP contribution in [0.25, 0.3) is 0 Å². The van der Waals surface area contributed by atoms with Crippen LogP contribution in [0.5, 0.6) is 0 Å². The molecule has 0 saturated heterocycles. The number of halogens is 1. The molecule has 0 bridgehead atoms. The van der Waals surface area contributed by atoms with Gasteiger partial charge in [0.05, 0.1) is 0 Å². The maximum absolute atomic E-state index is 5.97. The molecule has 0 heterocycles. The van der Waals surface area contributed by atoms with Gasteiger partial charge in [-0.1, -0.05) is 48.7 Å². The summed E-state index contributed by atoms with van der Waals surface area (Å²) in [7, 11) is 0.